The summed E-state index contributed by atoms with van der Waals surface area (Å²) in [5.74, 6) is 0. The fraction of sp³-hybridized carbons (Fsp3) is 0. The van der Waals surface area contributed by atoms with Gasteiger partial charge in [0, 0.05) is 21.5 Å². The predicted molar refractivity (Wildman–Crippen MR) is 114 cm³/mol. The Kier molecular flexibility index (Phi) is 4.85. The number of anilines is 3. The quantitative estimate of drug-likeness (QED) is 0.341. The third kappa shape index (κ3) is 3.42. The number of halogens is 1. The fourth-order valence-electron chi connectivity index (χ4n) is 3.10. The number of hydrogen-bond donors (Lipinski definition) is 0. The molecule has 0 atom stereocenters. The van der Waals surface area contributed by atoms with Gasteiger partial charge in [-0.1, -0.05) is 88.7 Å². The molecule has 0 aliphatic carbocycles. The minimum absolute atomic E-state index is 1.08. The summed E-state index contributed by atoms with van der Waals surface area (Å²) in [7, 11) is 0. The van der Waals surface area contributed by atoms with E-state index in [9.17, 15) is 0 Å². The van der Waals surface area contributed by atoms with Crippen LogP contribution >= 0.6 is 15.9 Å². The van der Waals surface area contributed by atoms with Crippen LogP contribution < -0.4 is 4.90 Å². The number of hydrogen-bond acceptors (Lipinski definition) is 1. The zero-order valence-electron chi connectivity index (χ0n) is 14.2. The first-order valence-corrected chi connectivity index (χ1v) is 9.37. The van der Waals surface area contributed by atoms with E-state index in [2.05, 4.69) is 112 Å². The van der Waals surface area contributed by atoms with Crippen molar-refractivity contribution in [3.8, 4) is 11.1 Å². The lowest BCUT2D eigenvalue weighted by Gasteiger charge is -2.26. The summed E-state index contributed by atoms with van der Waals surface area (Å²) in [4.78, 5) is 2.26. The van der Waals surface area contributed by atoms with Crippen LogP contribution in [0.2, 0.25) is 0 Å². The first-order valence-electron chi connectivity index (χ1n) is 8.58. The van der Waals surface area contributed by atoms with Crippen LogP contribution in [-0.4, -0.2) is 0 Å². The van der Waals surface area contributed by atoms with E-state index >= 15 is 0 Å². The van der Waals surface area contributed by atoms with Gasteiger partial charge in [0.15, 0.2) is 0 Å². The molecule has 126 valence electrons. The Balaban J connectivity index is 1.81. The molecule has 0 fully saturated rings. The molecule has 0 aromatic heterocycles. The van der Waals surface area contributed by atoms with Gasteiger partial charge in [-0.25, -0.2) is 0 Å². The third-order valence-electron chi connectivity index (χ3n) is 4.32. The Morgan fingerprint density at radius 2 is 1.00 bits per heavy atom. The van der Waals surface area contributed by atoms with Gasteiger partial charge >= 0.3 is 0 Å². The Morgan fingerprint density at radius 3 is 1.50 bits per heavy atom. The van der Waals surface area contributed by atoms with E-state index in [1.807, 2.05) is 18.2 Å². The molecule has 4 aromatic carbocycles. The Labute approximate surface area is 162 Å². The van der Waals surface area contributed by atoms with Gasteiger partial charge in [-0.05, 0) is 47.5 Å². The highest BCUT2D eigenvalue weighted by molar-refractivity contribution is 9.10. The molecular weight excluding hydrogens is 382 g/mol. The van der Waals surface area contributed by atoms with Crippen molar-refractivity contribution in [3.63, 3.8) is 0 Å². The highest BCUT2D eigenvalue weighted by atomic mass is 79.9. The topological polar surface area (TPSA) is 3.24 Å². The maximum absolute atomic E-state index is 3.77. The van der Waals surface area contributed by atoms with E-state index in [0.29, 0.717) is 0 Å². The third-order valence-corrected chi connectivity index (χ3v) is 4.98. The molecule has 0 N–H and O–H groups in total. The summed E-state index contributed by atoms with van der Waals surface area (Å²) >= 11 is 3.77. The van der Waals surface area contributed by atoms with Gasteiger partial charge in [0.25, 0.3) is 0 Å². The smallest absolute Gasteiger partial charge is 0.0473 e. The SMILES string of the molecule is Brc1cc(N(c2ccccc2)c2ccccc2)ccc1-c1ccccc1. The van der Waals surface area contributed by atoms with Crippen molar-refractivity contribution in [2.45, 2.75) is 0 Å². The molecule has 0 bridgehead atoms. The standard InChI is InChI=1S/C24H18BrN/c25-24-18-22(16-17-23(24)19-10-4-1-5-11-19)26(20-12-6-2-7-13-20)21-14-8-3-9-15-21/h1-18H. The summed E-state index contributed by atoms with van der Waals surface area (Å²) in [6, 6.07) is 37.8. The molecule has 0 heterocycles. The lowest BCUT2D eigenvalue weighted by atomic mass is 10.0. The summed E-state index contributed by atoms with van der Waals surface area (Å²) in [6.45, 7) is 0. The summed E-state index contributed by atoms with van der Waals surface area (Å²) in [6.07, 6.45) is 0. The first kappa shape index (κ1) is 16.6. The molecule has 26 heavy (non-hydrogen) atoms. The molecule has 1 nitrogen and oxygen atoms in total. The molecule has 0 saturated heterocycles. The molecule has 0 aliphatic rings. The van der Waals surface area contributed by atoms with Crippen LogP contribution in [0.5, 0.6) is 0 Å². The van der Waals surface area contributed by atoms with Crippen molar-refractivity contribution in [2.24, 2.45) is 0 Å². The molecule has 0 unspecified atom stereocenters. The first-order chi connectivity index (χ1) is 12.8. The monoisotopic (exact) mass is 399 g/mol. The maximum atomic E-state index is 3.77. The average molecular weight is 400 g/mol. The molecular formula is C24H18BrN. The van der Waals surface area contributed by atoms with Gasteiger partial charge in [0.1, 0.15) is 0 Å². The molecule has 0 radical (unpaired) electrons. The molecule has 0 spiro atoms. The van der Waals surface area contributed by atoms with E-state index in [0.717, 1.165) is 21.5 Å². The number of para-hydroxylation sites is 2. The van der Waals surface area contributed by atoms with Crippen LogP contribution in [0.15, 0.2) is 114 Å². The van der Waals surface area contributed by atoms with Gasteiger partial charge in [0.2, 0.25) is 0 Å². The van der Waals surface area contributed by atoms with E-state index in [1.165, 1.54) is 11.1 Å². The highest BCUT2D eigenvalue weighted by Crippen LogP contribution is 2.38. The van der Waals surface area contributed by atoms with Gasteiger partial charge < -0.3 is 4.90 Å². The minimum atomic E-state index is 1.08. The van der Waals surface area contributed by atoms with E-state index in [4.69, 9.17) is 0 Å². The lowest BCUT2D eigenvalue weighted by Crippen LogP contribution is -2.09. The number of benzene rings is 4. The van der Waals surface area contributed by atoms with Gasteiger partial charge in [0.05, 0.1) is 0 Å². The molecule has 4 aromatic rings. The summed E-state index contributed by atoms with van der Waals surface area (Å²) < 4.78 is 1.08. The van der Waals surface area contributed by atoms with Crippen molar-refractivity contribution in [1.82, 2.24) is 0 Å². The van der Waals surface area contributed by atoms with E-state index < -0.39 is 0 Å². The summed E-state index contributed by atoms with van der Waals surface area (Å²) in [5.41, 5.74) is 5.79. The Bertz CT molecular complexity index is 943. The van der Waals surface area contributed by atoms with Gasteiger partial charge in [-0.3, -0.25) is 0 Å². The maximum Gasteiger partial charge on any atom is 0.0473 e. The average Bonchev–Trinajstić information content (AvgIpc) is 2.71. The molecule has 0 saturated carbocycles. The van der Waals surface area contributed by atoms with Crippen molar-refractivity contribution in [1.29, 1.82) is 0 Å². The number of rotatable bonds is 4. The Hall–Kier alpha value is -2.84. The normalized spacial score (nSPS) is 10.5. The summed E-state index contributed by atoms with van der Waals surface area (Å²) in [5, 5.41) is 0. The molecule has 0 aliphatic heterocycles. The van der Waals surface area contributed by atoms with Crippen LogP contribution in [0.25, 0.3) is 11.1 Å². The second-order valence-electron chi connectivity index (χ2n) is 6.04. The minimum Gasteiger partial charge on any atom is -0.310 e. The van der Waals surface area contributed by atoms with Crippen LogP contribution in [0, 0.1) is 0 Å². The molecule has 4 rings (SSSR count). The van der Waals surface area contributed by atoms with Crippen LogP contribution in [-0.2, 0) is 0 Å². The molecule has 2 heteroatoms. The van der Waals surface area contributed by atoms with Crippen molar-refractivity contribution in [3.05, 3.63) is 114 Å². The van der Waals surface area contributed by atoms with Crippen molar-refractivity contribution < 1.29 is 0 Å². The van der Waals surface area contributed by atoms with Crippen molar-refractivity contribution in [2.75, 3.05) is 4.90 Å². The largest absolute Gasteiger partial charge is 0.310 e. The predicted octanol–water partition coefficient (Wildman–Crippen LogP) is 7.59. The fourth-order valence-corrected chi connectivity index (χ4v) is 3.69. The van der Waals surface area contributed by atoms with Gasteiger partial charge in [-0.15, -0.1) is 0 Å². The number of nitrogens with zero attached hydrogens (tertiary/aromatic N) is 1. The Morgan fingerprint density at radius 1 is 0.500 bits per heavy atom. The lowest BCUT2D eigenvalue weighted by molar-refractivity contribution is 1.28. The van der Waals surface area contributed by atoms with Crippen LogP contribution in [0.1, 0.15) is 0 Å². The second kappa shape index (κ2) is 7.59. The zero-order valence-corrected chi connectivity index (χ0v) is 15.8. The van der Waals surface area contributed by atoms with Crippen LogP contribution in [0.4, 0.5) is 17.1 Å². The zero-order chi connectivity index (χ0) is 17.8. The molecule has 0 amide bonds. The van der Waals surface area contributed by atoms with Crippen molar-refractivity contribution >= 4 is 33.0 Å². The highest BCUT2D eigenvalue weighted by Gasteiger charge is 2.13. The van der Waals surface area contributed by atoms with Gasteiger partial charge in [-0.2, -0.15) is 0 Å². The van der Waals surface area contributed by atoms with E-state index in [-0.39, 0.29) is 0 Å². The van der Waals surface area contributed by atoms with Crippen LogP contribution in [0.3, 0.4) is 0 Å². The second-order valence-corrected chi connectivity index (χ2v) is 6.89. The van der Waals surface area contributed by atoms with E-state index in [1.54, 1.807) is 0 Å².